The molecule has 192 valence electrons. The summed E-state index contributed by atoms with van der Waals surface area (Å²) in [5.74, 6) is 1.91. The van der Waals surface area contributed by atoms with Gasteiger partial charge in [0.25, 0.3) is 5.91 Å². The third-order valence-electron chi connectivity index (χ3n) is 7.15. The van der Waals surface area contributed by atoms with Gasteiger partial charge in [-0.25, -0.2) is 0 Å². The predicted octanol–water partition coefficient (Wildman–Crippen LogP) is 7.16. The third-order valence-corrected chi connectivity index (χ3v) is 8.26. The molecular weight excluding hydrogens is 480 g/mol. The Balaban J connectivity index is 1.38. The number of carbonyl (C=O) groups excluding carboxylic acids is 1. The van der Waals surface area contributed by atoms with Crippen LogP contribution >= 0.6 is 11.8 Å². The maximum atomic E-state index is 13.8. The highest BCUT2D eigenvalue weighted by Gasteiger charge is 2.42. The lowest BCUT2D eigenvalue weighted by atomic mass is 9.85. The summed E-state index contributed by atoms with van der Waals surface area (Å²) in [6.07, 6.45) is 6.60. The van der Waals surface area contributed by atoms with Gasteiger partial charge < -0.3 is 19.7 Å². The van der Waals surface area contributed by atoms with Gasteiger partial charge in [0, 0.05) is 11.7 Å². The molecule has 0 aromatic heterocycles. The highest BCUT2D eigenvalue weighted by Crippen LogP contribution is 2.42. The Hall–Kier alpha value is -3.38. The molecular formula is C31H34N2O3S. The van der Waals surface area contributed by atoms with Crippen molar-refractivity contribution < 1.29 is 14.3 Å². The predicted molar refractivity (Wildman–Crippen MR) is 151 cm³/mol. The number of thioether (sulfide) groups is 1. The summed E-state index contributed by atoms with van der Waals surface area (Å²) >= 11 is 1.59. The number of nitrogens with zero attached hydrogens (tertiary/aromatic N) is 1. The van der Waals surface area contributed by atoms with Gasteiger partial charge in [0.1, 0.15) is 6.61 Å². The molecule has 1 aliphatic heterocycles. The zero-order chi connectivity index (χ0) is 25.6. The van der Waals surface area contributed by atoms with Crippen LogP contribution in [0.5, 0.6) is 11.5 Å². The fraction of sp³-hybridized carbons (Fsp3) is 0.323. The van der Waals surface area contributed by atoms with E-state index in [9.17, 15) is 4.79 Å². The lowest BCUT2D eigenvalue weighted by Gasteiger charge is -2.39. The Bertz CT molecular complexity index is 1230. The fourth-order valence-corrected chi connectivity index (χ4v) is 6.36. The van der Waals surface area contributed by atoms with Crippen molar-refractivity contribution in [3.63, 3.8) is 0 Å². The Morgan fingerprint density at radius 1 is 0.973 bits per heavy atom. The van der Waals surface area contributed by atoms with E-state index in [0.717, 1.165) is 34.6 Å². The van der Waals surface area contributed by atoms with Crippen LogP contribution in [0.15, 0.2) is 83.8 Å². The number of nitrogens with one attached hydrogen (secondary N) is 1. The molecule has 1 unspecified atom stereocenters. The highest BCUT2D eigenvalue weighted by atomic mass is 32.2. The standard InChI is InChI=1S/C31H34N2O3S/c1-22-11-9-10-16-26(22)33-30(34)29(37-31(33)32-25-14-7-4-8-15-25)20-24-17-18-27(28(19-24)35-2)36-21-23-12-5-3-6-13-23/h3-8,12-15,17-20,22,26,31-32H,9-11,16,21H2,1-2H3/b29-20-/t22-,26-,31?/m1/s1. The van der Waals surface area contributed by atoms with E-state index in [1.54, 1.807) is 18.9 Å². The molecule has 2 aliphatic rings. The fourth-order valence-electron chi connectivity index (χ4n) is 5.15. The Kier molecular flexibility index (Phi) is 8.05. The SMILES string of the molecule is COc1cc(/C=C2\SC(Nc3ccccc3)N([C@@H]3CCCC[C@H]3C)C2=O)ccc1OCc1ccccc1. The first kappa shape index (κ1) is 25.3. The van der Waals surface area contributed by atoms with Crippen LogP contribution in [0.1, 0.15) is 43.7 Å². The second kappa shape index (κ2) is 11.8. The van der Waals surface area contributed by atoms with Crippen LogP contribution in [0.4, 0.5) is 5.69 Å². The molecule has 5 rings (SSSR count). The largest absolute Gasteiger partial charge is 0.493 e. The van der Waals surface area contributed by atoms with Crippen molar-refractivity contribution in [2.24, 2.45) is 5.92 Å². The quantitative estimate of drug-likeness (QED) is 0.323. The van der Waals surface area contributed by atoms with Gasteiger partial charge in [0.2, 0.25) is 0 Å². The summed E-state index contributed by atoms with van der Waals surface area (Å²) in [7, 11) is 1.64. The van der Waals surface area contributed by atoms with Crippen molar-refractivity contribution in [3.05, 3.63) is 94.9 Å². The van der Waals surface area contributed by atoms with Crippen molar-refractivity contribution in [3.8, 4) is 11.5 Å². The van der Waals surface area contributed by atoms with E-state index in [-0.39, 0.29) is 17.4 Å². The summed E-state index contributed by atoms with van der Waals surface area (Å²) in [6, 6.07) is 26.3. The summed E-state index contributed by atoms with van der Waals surface area (Å²) in [6.45, 7) is 2.75. The first-order chi connectivity index (χ1) is 18.1. The summed E-state index contributed by atoms with van der Waals surface area (Å²) in [5.41, 5.74) is 2.89. The minimum Gasteiger partial charge on any atom is -0.493 e. The van der Waals surface area contributed by atoms with Crippen LogP contribution in [0, 0.1) is 5.92 Å². The number of hydrogen-bond acceptors (Lipinski definition) is 5. The number of ether oxygens (including phenoxy) is 2. The molecule has 37 heavy (non-hydrogen) atoms. The van der Waals surface area contributed by atoms with Gasteiger partial charge in [-0.05, 0) is 60.2 Å². The van der Waals surface area contributed by atoms with Crippen molar-refractivity contribution >= 4 is 29.4 Å². The number of para-hydroxylation sites is 1. The average Bonchev–Trinajstić information content (AvgIpc) is 3.23. The zero-order valence-corrected chi connectivity index (χ0v) is 22.2. The molecule has 0 radical (unpaired) electrons. The molecule has 1 heterocycles. The number of benzene rings is 3. The van der Waals surface area contributed by atoms with Gasteiger partial charge in [0.05, 0.1) is 12.0 Å². The highest BCUT2D eigenvalue weighted by molar-refractivity contribution is 8.05. The molecule has 1 N–H and O–H groups in total. The summed E-state index contributed by atoms with van der Waals surface area (Å²) < 4.78 is 11.6. The lowest BCUT2D eigenvalue weighted by Crippen LogP contribution is -2.48. The molecule has 2 fully saturated rings. The van der Waals surface area contributed by atoms with E-state index in [4.69, 9.17) is 9.47 Å². The van der Waals surface area contributed by atoms with Crippen LogP contribution < -0.4 is 14.8 Å². The van der Waals surface area contributed by atoms with E-state index in [2.05, 4.69) is 17.1 Å². The van der Waals surface area contributed by atoms with Crippen LogP contribution in [-0.2, 0) is 11.4 Å². The number of carbonyl (C=O) groups is 1. The minimum atomic E-state index is -0.137. The number of amides is 1. The van der Waals surface area contributed by atoms with Crippen molar-refractivity contribution in [1.29, 1.82) is 0 Å². The van der Waals surface area contributed by atoms with Crippen molar-refractivity contribution in [2.75, 3.05) is 12.4 Å². The third kappa shape index (κ3) is 5.96. The van der Waals surface area contributed by atoms with Crippen LogP contribution in [0.2, 0.25) is 0 Å². The Morgan fingerprint density at radius 3 is 2.43 bits per heavy atom. The Labute approximate surface area is 223 Å². The molecule has 0 bridgehead atoms. The molecule has 1 saturated heterocycles. The molecule has 1 amide bonds. The van der Waals surface area contributed by atoms with E-state index in [1.807, 2.05) is 84.9 Å². The normalized spacial score (nSPS) is 22.8. The van der Waals surface area contributed by atoms with Gasteiger partial charge in [-0.3, -0.25) is 4.79 Å². The maximum Gasteiger partial charge on any atom is 0.262 e. The van der Waals surface area contributed by atoms with E-state index in [0.29, 0.717) is 24.0 Å². The molecule has 3 aromatic carbocycles. The molecule has 3 aromatic rings. The molecule has 6 heteroatoms. The van der Waals surface area contributed by atoms with Gasteiger partial charge in [0.15, 0.2) is 17.0 Å². The monoisotopic (exact) mass is 514 g/mol. The molecule has 1 aliphatic carbocycles. The summed E-state index contributed by atoms with van der Waals surface area (Å²) in [4.78, 5) is 16.6. The summed E-state index contributed by atoms with van der Waals surface area (Å²) in [5, 5.41) is 3.60. The Morgan fingerprint density at radius 2 is 1.70 bits per heavy atom. The molecule has 0 spiro atoms. The van der Waals surface area contributed by atoms with Crippen molar-refractivity contribution in [2.45, 2.75) is 50.8 Å². The minimum absolute atomic E-state index is 0.0977. The topological polar surface area (TPSA) is 50.8 Å². The average molecular weight is 515 g/mol. The molecule has 3 atom stereocenters. The first-order valence-electron chi connectivity index (χ1n) is 13.0. The van der Waals surface area contributed by atoms with Crippen LogP contribution in [0.25, 0.3) is 6.08 Å². The van der Waals surface area contributed by atoms with Crippen LogP contribution in [-0.4, -0.2) is 29.5 Å². The second-order valence-corrected chi connectivity index (χ2v) is 10.8. The van der Waals surface area contributed by atoms with E-state index >= 15 is 0 Å². The smallest absolute Gasteiger partial charge is 0.262 e. The van der Waals surface area contributed by atoms with Gasteiger partial charge >= 0.3 is 0 Å². The number of hydrogen-bond donors (Lipinski definition) is 1. The van der Waals surface area contributed by atoms with E-state index in [1.165, 1.54) is 12.8 Å². The number of methoxy groups -OCH3 is 1. The van der Waals surface area contributed by atoms with Crippen LogP contribution in [0.3, 0.4) is 0 Å². The number of rotatable bonds is 8. The first-order valence-corrected chi connectivity index (χ1v) is 13.9. The second-order valence-electron chi connectivity index (χ2n) is 9.72. The molecule has 1 saturated carbocycles. The zero-order valence-electron chi connectivity index (χ0n) is 21.4. The lowest BCUT2D eigenvalue weighted by molar-refractivity contribution is -0.129. The molecule has 5 nitrogen and oxygen atoms in total. The maximum absolute atomic E-state index is 13.8. The van der Waals surface area contributed by atoms with Gasteiger partial charge in [-0.1, -0.05) is 86.1 Å². The van der Waals surface area contributed by atoms with Gasteiger partial charge in [-0.15, -0.1) is 0 Å². The number of anilines is 1. The van der Waals surface area contributed by atoms with Crippen molar-refractivity contribution in [1.82, 2.24) is 4.90 Å². The van der Waals surface area contributed by atoms with Gasteiger partial charge in [-0.2, -0.15) is 0 Å². The van der Waals surface area contributed by atoms with E-state index < -0.39 is 0 Å².